The Balaban J connectivity index is 1.65. The van der Waals surface area contributed by atoms with Crippen molar-refractivity contribution in [2.24, 2.45) is 5.92 Å². The summed E-state index contributed by atoms with van der Waals surface area (Å²) in [4.78, 5) is 0. The molecule has 0 aromatic carbocycles. The topological polar surface area (TPSA) is 47.9 Å². The van der Waals surface area contributed by atoms with Crippen LogP contribution in [-0.2, 0) is 14.2 Å². The zero-order valence-electron chi connectivity index (χ0n) is 12.9. The Morgan fingerprint density at radius 1 is 1.10 bits per heavy atom. The number of aliphatic hydroxyl groups is 1. The van der Waals surface area contributed by atoms with Gasteiger partial charge in [-0.05, 0) is 40.0 Å². The molecule has 4 atom stereocenters. The lowest BCUT2D eigenvalue weighted by Gasteiger charge is -2.34. The first-order chi connectivity index (χ1) is 9.39. The van der Waals surface area contributed by atoms with Gasteiger partial charge in [0.2, 0.25) is 0 Å². The lowest BCUT2D eigenvalue weighted by Crippen LogP contribution is -2.36. The van der Waals surface area contributed by atoms with Crippen LogP contribution in [0.25, 0.3) is 0 Å². The van der Waals surface area contributed by atoms with Gasteiger partial charge in [0, 0.05) is 18.8 Å². The molecule has 3 aliphatic rings. The van der Waals surface area contributed by atoms with Crippen molar-refractivity contribution < 1.29 is 19.3 Å². The summed E-state index contributed by atoms with van der Waals surface area (Å²) in [5, 5.41) is 10.3. The van der Waals surface area contributed by atoms with Gasteiger partial charge in [0.1, 0.15) is 6.10 Å². The third-order valence-electron chi connectivity index (χ3n) is 4.76. The summed E-state index contributed by atoms with van der Waals surface area (Å²) in [5.41, 5.74) is -0.148. The van der Waals surface area contributed by atoms with Crippen molar-refractivity contribution in [2.75, 3.05) is 6.61 Å². The van der Waals surface area contributed by atoms with E-state index in [2.05, 4.69) is 20.8 Å². The highest BCUT2D eigenvalue weighted by Gasteiger charge is 2.56. The normalized spacial score (nSPS) is 40.2. The molecule has 2 saturated carbocycles. The SMILES string of the molecule is CC(C)(C)OC[C@@H]1C[C@@H](O)[C@H]2OC3(CCCCC3)O[C@@H]12. The molecule has 4 nitrogen and oxygen atoms in total. The van der Waals surface area contributed by atoms with Crippen LogP contribution in [0.2, 0.25) is 0 Å². The second-order valence-electron chi connectivity index (χ2n) is 7.62. The molecule has 20 heavy (non-hydrogen) atoms. The fraction of sp³-hybridized carbons (Fsp3) is 1.00. The van der Waals surface area contributed by atoms with E-state index in [1.54, 1.807) is 0 Å². The van der Waals surface area contributed by atoms with Crippen molar-refractivity contribution in [3.8, 4) is 0 Å². The molecule has 4 heteroatoms. The second kappa shape index (κ2) is 5.24. The smallest absolute Gasteiger partial charge is 0.169 e. The zero-order valence-corrected chi connectivity index (χ0v) is 12.9. The molecule has 0 aromatic rings. The van der Waals surface area contributed by atoms with Gasteiger partial charge < -0.3 is 19.3 Å². The molecule has 3 rings (SSSR count). The van der Waals surface area contributed by atoms with E-state index >= 15 is 0 Å². The van der Waals surface area contributed by atoms with Crippen molar-refractivity contribution >= 4 is 0 Å². The monoisotopic (exact) mass is 284 g/mol. The van der Waals surface area contributed by atoms with Crippen molar-refractivity contribution in [3.05, 3.63) is 0 Å². The standard InChI is InChI=1S/C16H28O4/c1-15(2,3)18-10-11-9-12(17)14-13(11)19-16(20-14)7-5-4-6-8-16/h11-14,17H,4-10H2,1-3H3/t11-,12+,13-,14+/m0/s1. The Bertz CT molecular complexity index is 343. The maximum atomic E-state index is 10.3. The van der Waals surface area contributed by atoms with E-state index in [0.717, 1.165) is 19.3 Å². The Kier molecular flexibility index (Phi) is 3.87. The van der Waals surface area contributed by atoms with Crippen LogP contribution in [0.5, 0.6) is 0 Å². The minimum absolute atomic E-state index is 0.00505. The van der Waals surface area contributed by atoms with E-state index in [-0.39, 0.29) is 23.7 Å². The van der Waals surface area contributed by atoms with Crippen LogP contribution in [0.15, 0.2) is 0 Å². The van der Waals surface area contributed by atoms with E-state index in [9.17, 15) is 5.11 Å². The summed E-state index contributed by atoms with van der Waals surface area (Å²) in [5.74, 6) is -0.162. The van der Waals surface area contributed by atoms with E-state index in [1.165, 1.54) is 19.3 Å². The van der Waals surface area contributed by atoms with Crippen molar-refractivity contribution in [2.45, 2.75) is 89.0 Å². The average Bonchev–Trinajstić information content (AvgIpc) is 2.85. The van der Waals surface area contributed by atoms with Crippen molar-refractivity contribution in [1.29, 1.82) is 0 Å². The first-order valence-corrected chi connectivity index (χ1v) is 8.06. The van der Waals surface area contributed by atoms with Gasteiger partial charge in [-0.2, -0.15) is 0 Å². The number of hydrogen-bond acceptors (Lipinski definition) is 4. The molecular formula is C16H28O4. The molecular weight excluding hydrogens is 256 g/mol. The van der Waals surface area contributed by atoms with Crippen molar-refractivity contribution in [3.63, 3.8) is 0 Å². The molecule has 0 bridgehead atoms. The van der Waals surface area contributed by atoms with Crippen LogP contribution in [0.3, 0.4) is 0 Å². The molecule has 1 aliphatic heterocycles. The van der Waals surface area contributed by atoms with E-state index in [0.29, 0.717) is 6.61 Å². The molecule has 0 aromatic heterocycles. The molecule has 116 valence electrons. The lowest BCUT2D eigenvalue weighted by molar-refractivity contribution is -0.211. The van der Waals surface area contributed by atoms with Gasteiger partial charge in [-0.1, -0.05) is 6.42 Å². The predicted octanol–water partition coefficient (Wildman–Crippen LogP) is 2.63. The maximum absolute atomic E-state index is 10.3. The fourth-order valence-corrected chi connectivity index (χ4v) is 3.74. The average molecular weight is 284 g/mol. The van der Waals surface area contributed by atoms with Crippen LogP contribution >= 0.6 is 0 Å². The highest BCUT2D eigenvalue weighted by Crippen LogP contribution is 2.47. The van der Waals surface area contributed by atoms with Crippen molar-refractivity contribution in [1.82, 2.24) is 0 Å². The van der Waals surface area contributed by atoms with Gasteiger partial charge >= 0.3 is 0 Å². The Hall–Kier alpha value is -0.160. The molecule has 0 amide bonds. The summed E-state index contributed by atoms with van der Waals surface area (Å²) in [6, 6.07) is 0. The molecule has 0 unspecified atom stereocenters. The second-order valence-corrected chi connectivity index (χ2v) is 7.62. The van der Waals surface area contributed by atoms with Crippen LogP contribution in [0, 0.1) is 5.92 Å². The lowest BCUT2D eigenvalue weighted by atomic mass is 9.94. The summed E-state index contributed by atoms with van der Waals surface area (Å²) < 4.78 is 18.4. The Labute approximate surface area is 121 Å². The first-order valence-electron chi connectivity index (χ1n) is 8.06. The van der Waals surface area contributed by atoms with Crippen LogP contribution in [0.1, 0.15) is 59.3 Å². The van der Waals surface area contributed by atoms with E-state index < -0.39 is 11.9 Å². The predicted molar refractivity (Wildman–Crippen MR) is 75.4 cm³/mol. The summed E-state index contributed by atoms with van der Waals surface area (Å²) in [6.07, 6.45) is 5.71. The fourth-order valence-electron chi connectivity index (χ4n) is 3.74. The maximum Gasteiger partial charge on any atom is 0.169 e. The minimum atomic E-state index is -0.408. The molecule has 1 saturated heterocycles. The molecule has 1 heterocycles. The highest BCUT2D eigenvalue weighted by atomic mass is 16.8. The number of hydrogen-bond donors (Lipinski definition) is 1. The number of rotatable bonds is 2. The third-order valence-corrected chi connectivity index (χ3v) is 4.76. The molecule has 3 fully saturated rings. The summed E-state index contributed by atoms with van der Waals surface area (Å²) in [6.45, 7) is 6.82. The summed E-state index contributed by atoms with van der Waals surface area (Å²) >= 11 is 0. The highest BCUT2D eigenvalue weighted by molar-refractivity contribution is 5.00. The third kappa shape index (κ3) is 2.89. The molecule has 1 N–H and O–H groups in total. The van der Waals surface area contributed by atoms with Gasteiger partial charge in [0.05, 0.1) is 24.4 Å². The van der Waals surface area contributed by atoms with E-state index in [1.807, 2.05) is 0 Å². The molecule has 2 aliphatic carbocycles. The van der Waals surface area contributed by atoms with Gasteiger partial charge in [0.25, 0.3) is 0 Å². The Morgan fingerprint density at radius 2 is 1.75 bits per heavy atom. The van der Waals surface area contributed by atoms with Gasteiger partial charge in [-0.3, -0.25) is 0 Å². The van der Waals surface area contributed by atoms with Gasteiger partial charge in [-0.15, -0.1) is 0 Å². The van der Waals surface area contributed by atoms with Crippen LogP contribution in [-0.4, -0.2) is 41.4 Å². The van der Waals surface area contributed by atoms with Crippen LogP contribution < -0.4 is 0 Å². The molecule has 0 radical (unpaired) electrons. The quantitative estimate of drug-likeness (QED) is 0.847. The first kappa shape index (κ1) is 14.8. The van der Waals surface area contributed by atoms with Gasteiger partial charge in [0.15, 0.2) is 5.79 Å². The largest absolute Gasteiger partial charge is 0.390 e. The van der Waals surface area contributed by atoms with Gasteiger partial charge in [-0.25, -0.2) is 0 Å². The molecule has 1 spiro atoms. The number of fused-ring (bicyclic) bond motifs is 1. The number of aliphatic hydroxyl groups excluding tert-OH is 1. The minimum Gasteiger partial charge on any atom is -0.390 e. The van der Waals surface area contributed by atoms with E-state index in [4.69, 9.17) is 14.2 Å². The number of ether oxygens (including phenoxy) is 3. The Morgan fingerprint density at radius 3 is 2.40 bits per heavy atom. The van der Waals surface area contributed by atoms with Crippen LogP contribution in [0.4, 0.5) is 0 Å². The summed E-state index contributed by atoms with van der Waals surface area (Å²) in [7, 11) is 0. The zero-order chi connectivity index (χ0) is 14.4.